The third-order valence-electron chi connectivity index (χ3n) is 3.30. The molecule has 0 aromatic carbocycles. The van der Waals surface area contributed by atoms with E-state index in [9.17, 15) is 15.2 Å². The molecule has 0 spiro atoms. The number of nitrogens with one attached hydrogen (secondary N) is 1. The number of hydrogen-bond acceptors (Lipinski definition) is 7. The molecule has 1 atom stereocenters. The smallest absolute Gasteiger partial charge is 0.353 e. The maximum absolute atomic E-state index is 11.2. The van der Waals surface area contributed by atoms with Crippen LogP contribution in [0, 0.1) is 16.0 Å². The first-order valence-corrected chi connectivity index (χ1v) is 6.20. The summed E-state index contributed by atoms with van der Waals surface area (Å²) in [6.07, 6.45) is 3.14. The zero-order chi connectivity index (χ0) is 13.8. The predicted octanol–water partition coefficient (Wildman–Crippen LogP) is 0.635. The quantitative estimate of drug-likeness (QED) is 0.609. The fourth-order valence-corrected chi connectivity index (χ4v) is 2.36. The number of hydrogen-bond donors (Lipinski definition) is 2. The van der Waals surface area contributed by atoms with E-state index >= 15 is 0 Å². The molecule has 1 aliphatic rings. The highest BCUT2D eigenvalue weighted by atomic mass is 16.6. The van der Waals surface area contributed by atoms with Crippen molar-refractivity contribution in [1.82, 2.24) is 9.97 Å². The van der Waals surface area contributed by atoms with E-state index in [0.29, 0.717) is 18.9 Å². The average molecular weight is 267 g/mol. The van der Waals surface area contributed by atoms with E-state index in [2.05, 4.69) is 15.3 Å². The van der Waals surface area contributed by atoms with Crippen LogP contribution in [0.25, 0.3) is 0 Å². The molecule has 104 valence electrons. The van der Waals surface area contributed by atoms with Gasteiger partial charge in [-0.2, -0.15) is 0 Å². The van der Waals surface area contributed by atoms with Crippen molar-refractivity contribution in [2.75, 3.05) is 37.0 Å². The standard InChI is InChI=1S/C11H17N5O3/c1-12-10-9(16(18)19)11(14-7-13-10)15-4-2-3-8(5-15)6-17/h7-8,17H,2-6H2,1H3,(H,12,13,14). The van der Waals surface area contributed by atoms with E-state index in [0.717, 1.165) is 12.8 Å². The van der Waals surface area contributed by atoms with E-state index in [-0.39, 0.29) is 24.0 Å². The number of aromatic nitrogens is 2. The average Bonchev–Trinajstić information content (AvgIpc) is 2.46. The fourth-order valence-electron chi connectivity index (χ4n) is 2.36. The predicted molar refractivity (Wildman–Crippen MR) is 70.3 cm³/mol. The Morgan fingerprint density at radius 2 is 2.42 bits per heavy atom. The molecular formula is C11H17N5O3. The van der Waals surface area contributed by atoms with Gasteiger partial charge in [0, 0.05) is 26.7 Å². The van der Waals surface area contributed by atoms with Crippen molar-refractivity contribution in [3.8, 4) is 0 Å². The summed E-state index contributed by atoms with van der Waals surface area (Å²) in [6, 6.07) is 0. The van der Waals surface area contributed by atoms with Gasteiger partial charge in [-0.25, -0.2) is 9.97 Å². The highest BCUT2D eigenvalue weighted by Crippen LogP contribution is 2.33. The Morgan fingerprint density at radius 1 is 1.63 bits per heavy atom. The second-order valence-electron chi connectivity index (χ2n) is 4.54. The van der Waals surface area contributed by atoms with Gasteiger partial charge >= 0.3 is 5.69 Å². The number of anilines is 2. The molecule has 1 fully saturated rings. The molecule has 1 aromatic rings. The summed E-state index contributed by atoms with van der Waals surface area (Å²) in [7, 11) is 1.59. The lowest BCUT2D eigenvalue weighted by Crippen LogP contribution is -2.37. The molecule has 0 saturated carbocycles. The zero-order valence-electron chi connectivity index (χ0n) is 10.7. The monoisotopic (exact) mass is 267 g/mol. The Balaban J connectivity index is 2.35. The van der Waals surface area contributed by atoms with Crippen LogP contribution in [0.1, 0.15) is 12.8 Å². The largest absolute Gasteiger partial charge is 0.396 e. The second kappa shape index (κ2) is 5.79. The Bertz CT molecular complexity index is 468. The minimum atomic E-state index is -0.469. The highest BCUT2D eigenvalue weighted by molar-refractivity contribution is 5.70. The molecule has 2 heterocycles. The van der Waals surface area contributed by atoms with E-state index in [1.807, 2.05) is 4.90 Å². The van der Waals surface area contributed by atoms with Gasteiger partial charge in [0.05, 0.1) is 4.92 Å². The molecule has 1 saturated heterocycles. The van der Waals surface area contributed by atoms with Crippen LogP contribution in [0.5, 0.6) is 0 Å². The van der Waals surface area contributed by atoms with Crippen molar-refractivity contribution < 1.29 is 10.0 Å². The lowest BCUT2D eigenvalue weighted by Gasteiger charge is -2.32. The van der Waals surface area contributed by atoms with Crippen LogP contribution in [0.3, 0.4) is 0 Å². The number of piperidine rings is 1. The Morgan fingerprint density at radius 3 is 3.05 bits per heavy atom. The molecule has 0 aliphatic carbocycles. The summed E-state index contributed by atoms with van der Waals surface area (Å²) in [5.41, 5.74) is -0.108. The number of nitro groups is 1. The lowest BCUT2D eigenvalue weighted by atomic mass is 9.99. The summed E-state index contributed by atoms with van der Waals surface area (Å²) >= 11 is 0. The van der Waals surface area contributed by atoms with Crippen molar-refractivity contribution in [2.24, 2.45) is 5.92 Å². The number of nitrogens with zero attached hydrogens (tertiary/aromatic N) is 4. The van der Waals surface area contributed by atoms with Crippen molar-refractivity contribution in [2.45, 2.75) is 12.8 Å². The van der Waals surface area contributed by atoms with E-state index < -0.39 is 4.92 Å². The molecule has 8 nitrogen and oxygen atoms in total. The SMILES string of the molecule is CNc1ncnc(N2CCCC(CO)C2)c1[N+](=O)[O-]. The number of rotatable bonds is 4. The van der Waals surface area contributed by atoms with Crippen LogP contribution in [0.4, 0.5) is 17.3 Å². The molecule has 19 heavy (non-hydrogen) atoms. The minimum absolute atomic E-state index is 0.0915. The van der Waals surface area contributed by atoms with Gasteiger partial charge in [-0.05, 0) is 18.8 Å². The van der Waals surface area contributed by atoms with Gasteiger partial charge in [0.2, 0.25) is 11.6 Å². The van der Waals surface area contributed by atoms with Gasteiger partial charge < -0.3 is 15.3 Å². The van der Waals surface area contributed by atoms with Gasteiger partial charge in [0.15, 0.2) is 0 Å². The normalized spacial score (nSPS) is 19.3. The third kappa shape index (κ3) is 2.73. The Kier molecular flexibility index (Phi) is 4.10. The fraction of sp³-hybridized carbons (Fsp3) is 0.636. The topological polar surface area (TPSA) is 104 Å². The lowest BCUT2D eigenvalue weighted by molar-refractivity contribution is -0.383. The van der Waals surface area contributed by atoms with Crippen LogP contribution in [-0.4, -0.2) is 46.7 Å². The van der Waals surface area contributed by atoms with Crippen molar-refractivity contribution in [3.63, 3.8) is 0 Å². The maximum atomic E-state index is 11.2. The van der Waals surface area contributed by atoms with Crippen LogP contribution < -0.4 is 10.2 Å². The van der Waals surface area contributed by atoms with Crippen LogP contribution in [0.15, 0.2) is 6.33 Å². The Labute approximate surface area is 110 Å². The van der Waals surface area contributed by atoms with E-state index in [1.165, 1.54) is 6.33 Å². The molecular weight excluding hydrogens is 250 g/mol. The third-order valence-corrected chi connectivity index (χ3v) is 3.30. The maximum Gasteiger partial charge on any atom is 0.353 e. The molecule has 1 aliphatic heterocycles. The molecule has 8 heteroatoms. The van der Waals surface area contributed by atoms with Crippen molar-refractivity contribution in [1.29, 1.82) is 0 Å². The van der Waals surface area contributed by atoms with E-state index in [1.54, 1.807) is 7.05 Å². The Hall–Kier alpha value is -1.96. The van der Waals surface area contributed by atoms with Gasteiger partial charge in [0.1, 0.15) is 6.33 Å². The molecule has 1 unspecified atom stereocenters. The van der Waals surface area contributed by atoms with Gasteiger partial charge in [-0.1, -0.05) is 0 Å². The summed E-state index contributed by atoms with van der Waals surface area (Å²) in [5.74, 6) is 0.671. The van der Waals surface area contributed by atoms with E-state index in [4.69, 9.17) is 0 Å². The first kappa shape index (κ1) is 13.5. The number of aliphatic hydroxyl groups excluding tert-OH is 1. The first-order valence-electron chi connectivity index (χ1n) is 6.20. The molecule has 2 N–H and O–H groups in total. The summed E-state index contributed by atoms with van der Waals surface area (Å²) < 4.78 is 0. The summed E-state index contributed by atoms with van der Waals surface area (Å²) in [6.45, 7) is 1.38. The molecule has 0 bridgehead atoms. The molecule has 2 rings (SSSR count). The summed E-state index contributed by atoms with van der Waals surface area (Å²) in [5, 5.41) is 23.1. The molecule has 1 aromatic heterocycles. The van der Waals surface area contributed by atoms with Crippen molar-refractivity contribution >= 4 is 17.3 Å². The molecule has 0 radical (unpaired) electrons. The van der Waals surface area contributed by atoms with Gasteiger partial charge in [0.25, 0.3) is 0 Å². The minimum Gasteiger partial charge on any atom is -0.396 e. The van der Waals surface area contributed by atoms with Gasteiger partial charge in [-0.3, -0.25) is 10.1 Å². The van der Waals surface area contributed by atoms with Crippen LogP contribution in [0.2, 0.25) is 0 Å². The summed E-state index contributed by atoms with van der Waals surface area (Å²) in [4.78, 5) is 20.5. The number of aliphatic hydroxyl groups is 1. The second-order valence-corrected chi connectivity index (χ2v) is 4.54. The first-order chi connectivity index (χ1) is 9.17. The van der Waals surface area contributed by atoms with Crippen molar-refractivity contribution in [3.05, 3.63) is 16.4 Å². The van der Waals surface area contributed by atoms with Crippen LogP contribution >= 0.6 is 0 Å². The highest BCUT2D eigenvalue weighted by Gasteiger charge is 2.29. The zero-order valence-corrected chi connectivity index (χ0v) is 10.7. The molecule has 0 amide bonds. The van der Waals surface area contributed by atoms with Crippen LogP contribution in [-0.2, 0) is 0 Å². The van der Waals surface area contributed by atoms with Gasteiger partial charge in [-0.15, -0.1) is 0 Å².